The molecule has 104 valence electrons. The molecule has 0 aliphatic heterocycles. The molecule has 2 rings (SSSR count). The second-order valence-corrected chi connectivity index (χ2v) is 4.93. The van der Waals surface area contributed by atoms with Crippen LogP contribution >= 0.6 is 11.6 Å². The summed E-state index contributed by atoms with van der Waals surface area (Å²) >= 11 is 5.68. The Labute approximate surface area is 121 Å². The lowest BCUT2D eigenvalue weighted by Crippen LogP contribution is -2.23. The van der Waals surface area contributed by atoms with Crippen molar-refractivity contribution in [3.05, 3.63) is 63.9 Å². The summed E-state index contributed by atoms with van der Waals surface area (Å²) in [6, 6.07) is 9.56. The SMILES string of the molecule is Cc1ccc(C(=O)NCc2ccc(F)c(Cl)c2)c(N)c1. The number of aryl methyl sites for hydroxylation is 1. The van der Waals surface area contributed by atoms with Gasteiger partial charge in [0.15, 0.2) is 0 Å². The second-order valence-electron chi connectivity index (χ2n) is 4.52. The zero-order valence-corrected chi connectivity index (χ0v) is 11.7. The minimum absolute atomic E-state index is 0.0339. The predicted molar refractivity (Wildman–Crippen MR) is 78.2 cm³/mol. The second kappa shape index (κ2) is 5.92. The Morgan fingerprint density at radius 3 is 2.70 bits per heavy atom. The van der Waals surface area contributed by atoms with Crippen molar-refractivity contribution in [1.29, 1.82) is 0 Å². The molecule has 0 saturated carbocycles. The van der Waals surface area contributed by atoms with Gasteiger partial charge in [-0.1, -0.05) is 23.7 Å². The first-order valence-electron chi connectivity index (χ1n) is 6.05. The van der Waals surface area contributed by atoms with E-state index in [9.17, 15) is 9.18 Å². The predicted octanol–water partition coefficient (Wildman–Crippen LogP) is 3.30. The molecular weight excluding hydrogens is 279 g/mol. The van der Waals surface area contributed by atoms with Crippen LogP contribution in [-0.4, -0.2) is 5.91 Å². The highest BCUT2D eigenvalue weighted by atomic mass is 35.5. The van der Waals surface area contributed by atoms with Crippen LogP contribution in [0.1, 0.15) is 21.5 Å². The Kier molecular flexibility index (Phi) is 4.25. The van der Waals surface area contributed by atoms with Gasteiger partial charge in [-0.2, -0.15) is 0 Å². The molecule has 0 aliphatic rings. The van der Waals surface area contributed by atoms with Gasteiger partial charge in [0.25, 0.3) is 5.91 Å². The maximum Gasteiger partial charge on any atom is 0.253 e. The normalized spacial score (nSPS) is 10.3. The van der Waals surface area contributed by atoms with E-state index < -0.39 is 5.82 Å². The molecule has 0 aromatic heterocycles. The highest BCUT2D eigenvalue weighted by Gasteiger charge is 2.09. The van der Waals surface area contributed by atoms with Crippen molar-refractivity contribution in [3.8, 4) is 0 Å². The third kappa shape index (κ3) is 3.27. The average Bonchev–Trinajstić information content (AvgIpc) is 2.40. The highest BCUT2D eigenvalue weighted by molar-refractivity contribution is 6.30. The Morgan fingerprint density at radius 1 is 1.30 bits per heavy atom. The van der Waals surface area contributed by atoms with E-state index in [2.05, 4.69) is 5.32 Å². The van der Waals surface area contributed by atoms with Crippen molar-refractivity contribution in [1.82, 2.24) is 5.32 Å². The number of carbonyl (C=O) groups is 1. The van der Waals surface area contributed by atoms with Gasteiger partial charge in [-0.15, -0.1) is 0 Å². The third-order valence-electron chi connectivity index (χ3n) is 2.89. The first-order chi connectivity index (χ1) is 9.47. The van der Waals surface area contributed by atoms with Crippen LogP contribution < -0.4 is 11.1 Å². The van der Waals surface area contributed by atoms with Gasteiger partial charge < -0.3 is 11.1 Å². The van der Waals surface area contributed by atoms with Gasteiger partial charge in [0.2, 0.25) is 0 Å². The number of carbonyl (C=O) groups excluding carboxylic acids is 1. The van der Waals surface area contributed by atoms with Crippen LogP contribution in [0.4, 0.5) is 10.1 Å². The standard InChI is InChI=1S/C15H14ClFN2O/c1-9-2-4-11(14(18)6-9)15(20)19-8-10-3-5-13(17)12(16)7-10/h2-7H,8,18H2,1H3,(H,19,20). The fourth-order valence-electron chi connectivity index (χ4n) is 1.82. The van der Waals surface area contributed by atoms with E-state index in [0.29, 0.717) is 11.3 Å². The van der Waals surface area contributed by atoms with E-state index in [1.807, 2.05) is 13.0 Å². The van der Waals surface area contributed by atoms with Gasteiger partial charge in [-0.05, 0) is 42.3 Å². The zero-order valence-electron chi connectivity index (χ0n) is 10.9. The lowest BCUT2D eigenvalue weighted by Gasteiger charge is -2.08. The minimum Gasteiger partial charge on any atom is -0.398 e. The number of nitrogens with two attached hydrogens (primary N) is 1. The van der Waals surface area contributed by atoms with Crippen LogP contribution in [0.2, 0.25) is 5.02 Å². The summed E-state index contributed by atoms with van der Waals surface area (Å²) in [6.45, 7) is 2.16. The molecule has 20 heavy (non-hydrogen) atoms. The molecule has 0 bridgehead atoms. The minimum atomic E-state index is -0.482. The molecule has 0 fully saturated rings. The quantitative estimate of drug-likeness (QED) is 0.853. The van der Waals surface area contributed by atoms with Gasteiger partial charge in [0.1, 0.15) is 5.82 Å². The van der Waals surface area contributed by atoms with E-state index in [4.69, 9.17) is 17.3 Å². The monoisotopic (exact) mass is 292 g/mol. The van der Waals surface area contributed by atoms with Gasteiger partial charge in [-0.25, -0.2) is 4.39 Å². The van der Waals surface area contributed by atoms with Crippen molar-refractivity contribution in [3.63, 3.8) is 0 Å². The lowest BCUT2D eigenvalue weighted by atomic mass is 10.1. The molecule has 2 aromatic carbocycles. The Hall–Kier alpha value is -2.07. The van der Waals surface area contributed by atoms with Crippen LogP contribution in [0.5, 0.6) is 0 Å². The number of nitrogens with one attached hydrogen (secondary N) is 1. The summed E-state index contributed by atoms with van der Waals surface area (Å²) in [4.78, 5) is 12.0. The molecule has 0 saturated heterocycles. The van der Waals surface area contributed by atoms with Crippen LogP contribution in [0.3, 0.4) is 0 Å². The van der Waals surface area contributed by atoms with Crippen LogP contribution in [0.15, 0.2) is 36.4 Å². The fraction of sp³-hybridized carbons (Fsp3) is 0.133. The molecule has 0 spiro atoms. The van der Waals surface area contributed by atoms with Gasteiger partial charge >= 0.3 is 0 Å². The topological polar surface area (TPSA) is 55.1 Å². The summed E-state index contributed by atoms with van der Waals surface area (Å²) in [7, 11) is 0. The first kappa shape index (κ1) is 14.3. The molecule has 0 radical (unpaired) electrons. The zero-order chi connectivity index (χ0) is 14.7. The van der Waals surface area contributed by atoms with Crippen LogP contribution in [0.25, 0.3) is 0 Å². The summed E-state index contributed by atoms with van der Waals surface area (Å²) < 4.78 is 13.0. The molecule has 0 heterocycles. The Balaban J connectivity index is 2.06. The molecule has 1 amide bonds. The van der Waals surface area contributed by atoms with E-state index in [1.165, 1.54) is 12.1 Å². The van der Waals surface area contributed by atoms with Crippen LogP contribution in [-0.2, 0) is 6.54 Å². The molecular formula is C15H14ClFN2O. The summed E-state index contributed by atoms with van der Waals surface area (Å²) in [5.41, 5.74) is 8.36. The maximum atomic E-state index is 13.0. The number of hydrogen-bond acceptors (Lipinski definition) is 2. The highest BCUT2D eigenvalue weighted by Crippen LogP contribution is 2.17. The molecule has 0 unspecified atom stereocenters. The van der Waals surface area contributed by atoms with Crippen molar-refractivity contribution < 1.29 is 9.18 Å². The van der Waals surface area contributed by atoms with Crippen molar-refractivity contribution in [2.45, 2.75) is 13.5 Å². The molecule has 0 aliphatic carbocycles. The Bertz CT molecular complexity index is 658. The number of anilines is 1. The molecule has 3 N–H and O–H groups in total. The number of rotatable bonds is 3. The largest absolute Gasteiger partial charge is 0.398 e. The molecule has 5 heteroatoms. The number of amides is 1. The van der Waals surface area contributed by atoms with Crippen molar-refractivity contribution in [2.75, 3.05) is 5.73 Å². The molecule has 3 nitrogen and oxygen atoms in total. The lowest BCUT2D eigenvalue weighted by molar-refractivity contribution is 0.0952. The Morgan fingerprint density at radius 2 is 2.05 bits per heavy atom. The van der Waals surface area contributed by atoms with Crippen LogP contribution in [0, 0.1) is 12.7 Å². The summed E-state index contributed by atoms with van der Waals surface area (Å²) in [5, 5.41) is 2.76. The average molecular weight is 293 g/mol. The van der Waals surface area contributed by atoms with E-state index in [-0.39, 0.29) is 17.5 Å². The number of halogens is 2. The number of nitrogen functional groups attached to an aromatic ring is 1. The first-order valence-corrected chi connectivity index (χ1v) is 6.43. The fourth-order valence-corrected chi connectivity index (χ4v) is 2.02. The number of hydrogen-bond donors (Lipinski definition) is 2. The molecule has 2 aromatic rings. The van der Waals surface area contributed by atoms with E-state index in [0.717, 1.165) is 11.1 Å². The third-order valence-corrected chi connectivity index (χ3v) is 3.18. The van der Waals surface area contributed by atoms with Gasteiger partial charge in [-0.3, -0.25) is 4.79 Å². The van der Waals surface area contributed by atoms with E-state index >= 15 is 0 Å². The van der Waals surface area contributed by atoms with Gasteiger partial charge in [0, 0.05) is 12.2 Å². The van der Waals surface area contributed by atoms with Gasteiger partial charge in [0.05, 0.1) is 10.6 Å². The summed E-state index contributed by atoms with van der Waals surface area (Å²) in [6.07, 6.45) is 0. The maximum absolute atomic E-state index is 13.0. The smallest absolute Gasteiger partial charge is 0.253 e. The van der Waals surface area contributed by atoms with Crippen molar-refractivity contribution >= 4 is 23.2 Å². The molecule has 0 atom stereocenters. The van der Waals surface area contributed by atoms with Crippen molar-refractivity contribution in [2.24, 2.45) is 0 Å². The number of benzene rings is 2. The van der Waals surface area contributed by atoms with E-state index in [1.54, 1.807) is 18.2 Å². The summed E-state index contributed by atoms with van der Waals surface area (Å²) in [5.74, 6) is -0.757.